The Labute approximate surface area is 222 Å². The van der Waals surface area contributed by atoms with Gasteiger partial charge in [-0.3, -0.25) is 14.4 Å². The number of alkyl carbamates (subject to hydrolysis) is 1. The topological polar surface area (TPSA) is 137 Å². The van der Waals surface area contributed by atoms with Crippen molar-refractivity contribution in [1.29, 1.82) is 0 Å². The highest BCUT2D eigenvalue weighted by Gasteiger charge is 2.39. The SMILES string of the molecule is CC(C)C[C@H](NC(=O)OC[C@@H]1CCC(=O)N1CC1CCC(F)(F)CC1)C(=O)N[C@H](CO)C[C@@H]1CCNC1=O. The van der Waals surface area contributed by atoms with E-state index in [9.17, 15) is 33.1 Å². The lowest BCUT2D eigenvalue weighted by Gasteiger charge is -2.33. The molecule has 2 heterocycles. The van der Waals surface area contributed by atoms with Gasteiger partial charge in [0.25, 0.3) is 0 Å². The molecule has 0 radical (unpaired) electrons. The molecule has 216 valence electrons. The molecule has 0 spiro atoms. The zero-order valence-electron chi connectivity index (χ0n) is 22.3. The van der Waals surface area contributed by atoms with Crippen LogP contribution in [0.3, 0.4) is 0 Å². The minimum Gasteiger partial charge on any atom is -0.447 e. The minimum atomic E-state index is -2.63. The van der Waals surface area contributed by atoms with Crippen molar-refractivity contribution in [3.8, 4) is 0 Å². The second kappa shape index (κ2) is 13.5. The van der Waals surface area contributed by atoms with Crippen LogP contribution in [0.2, 0.25) is 0 Å². The predicted molar refractivity (Wildman–Crippen MR) is 134 cm³/mol. The van der Waals surface area contributed by atoms with Gasteiger partial charge in [-0.25, -0.2) is 13.6 Å². The molecular weight excluding hydrogens is 502 g/mol. The number of likely N-dealkylation sites (tertiary alicyclic amines) is 1. The maximum atomic E-state index is 13.5. The number of aliphatic hydroxyl groups is 1. The highest BCUT2D eigenvalue weighted by molar-refractivity contribution is 5.86. The van der Waals surface area contributed by atoms with Gasteiger partial charge in [0.05, 0.1) is 18.7 Å². The fourth-order valence-electron chi connectivity index (χ4n) is 5.53. The number of carbonyl (C=O) groups excluding carboxylic acids is 4. The van der Waals surface area contributed by atoms with E-state index in [4.69, 9.17) is 4.74 Å². The molecule has 2 aliphatic heterocycles. The van der Waals surface area contributed by atoms with Gasteiger partial charge >= 0.3 is 6.09 Å². The second-order valence-electron chi connectivity index (χ2n) is 11.4. The average molecular weight is 545 g/mol. The Bertz CT molecular complexity index is 848. The highest BCUT2D eigenvalue weighted by atomic mass is 19.3. The largest absolute Gasteiger partial charge is 0.447 e. The first-order valence-electron chi connectivity index (χ1n) is 13.8. The smallest absolute Gasteiger partial charge is 0.407 e. The Morgan fingerprint density at radius 3 is 2.47 bits per heavy atom. The number of nitrogens with zero attached hydrogens (tertiary/aromatic N) is 1. The summed E-state index contributed by atoms with van der Waals surface area (Å²) in [6.07, 6.45) is 1.68. The van der Waals surface area contributed by atoms with Gasteiger partial charge in [0.15, 0.2) is 0 Å². The number of carbonyl (C=O) groups is 4. The van der Waals surface area contributed by atoms with E-state index in [1.54, 1.807) is 4.90 Å². The molecule has 3 fully saturated rings. The fourth-order valence-corrected chi connectivity index (χ4v) is 5.53. The van der Waals surface area contributed by atoms with E-state index in [-0.39, 0.29) is 61.7 Å². The molecule has 0 aromatic carbocycles. The van der Waals surface area contributed by atoms with Crippen LogP contribution >= 0.6 is 0 Å². The van der Waals surface area contributed by atoms with E-state index in [0.717, 1.165) is 0 Å². The van der Waals surface area contributed by atoms with Crippen LogP contribution < -0.4 is 16.0 Å². The standard InChI is InChI=1S/C26H42F2N4O6/c1-16(2)11-21(24(36)30-19(14-33)12-18-7-10-29-23(18)35)31-25(37)38-15-20-3-4-22(34)32(20)13-17-5-8-26(27,28)9-6-17/h16-21,33H,3-15H2,1-2H3,(H,29,35)(H,30,36)(H,31,37)/t18-,19-,20-,21-/m0/s1. The number of halogens is 2. The van der Waals surface area contributed by atoms with Crippen molar-refractivity contribution in [3.63, 3.8) is 0 Å². The molecule has 4 amide bonds. The van der Waals surface area contributed by atoms with Crippen LogP contribution in [-0.4, -0.2) is 84.2 Å². The Balaban J connectivity index is 1.50. The van der Waals surface area contributed by atoms with Crippen molar-refractivity contribution in [2.45, 2.75) is 95.7 Å². The molecule has 1 saturated carbocycles. The molecule has 12 heteroatoms. The van der Waals surface area contributed by atoms with Crippen molar-refractivity contribution in [2.24, 2.45) is 17.8 Å². The molecule has 10 nitrogen and oxygen atoms in total. The molecule has 2 saturated heterocycles. The predicted octanol–water partition coefficient (Wildman–Crippen LogP) is 1.95. The summed E-state index contributed by atoms with van der Waals surface area (Å²) >= 11 is 0. The molecule has 4 N–H and O–H groups in total. The van der Waals surface area contributed by atoms with Crippen molar-refractivity contribution >= 4 is 23.8 Å². The van der Waals surface area contributed by atoms with Crippen LogP contribution in [0.4, 0.5) is 13.6 Å². The Kier molecular flexibility index (Phi) is 10.7. The zero-order chi connectivity index (χ0) is 27.9. The van der Waals surface area contributed by atoms with Crippen LogP contribution in [0.1, 0.15) is 71.6 Å². The van der Waals surface area contributed by atoms with Gasteiger partial charge in [0, 0.05) is 38.3 Å². The molecule has 0 unspecified atom stereocenters. The number of hydrogen-bond donors (Lipinski definition) is 4. The number of aliphatic hydroxyl groups excluding tert-OH is 1. The van der Waals surface area contributed by atoms with Crippen LogP contribution in [0.5, 0.6) is 0 Å². The third-order valence-electron chi connectivity index (χ3n) is 7.77. The number of rotatable bonds is 12. The van der Waals surface area contributed by atoms with E-state index in [0.29, 0.717) is 58.0 Å². The van der Waals surface area contributed by atoms with E-state index in [2.05, 4.69) is 16.0 Å². The summed E-state index contributed by atoms with van der Waals surface area (Å²) in [5, 5.41) is 17.8. The van der Waals surface area contributed by atoms with E-state index in [1.165, 1.54) is 0 Å². The van der Waals surface area contributed by atoms with Crippen LogP contribution in [0, 0.1) is 17.8 Å². The molecule has 0 aromatic heterocycles. The quantitative estimate of drug-likeness (QED) is 0.296. The summed E-state index contributed by atoms with van der Waals surface area (Å²) in [5.74, 6) is -3.48. The second-order valence-corrected chi connectivity index (χ2v) is 11.4. The average Bonchev–Trinajstić information content (AvgIpc) is 3.42. The minimum absolute atomic E-state index is 0.00176. The third kappa shape index (κ3) is 8.78. The summed E-state index contributed by atoms with van der Waals surface area (Å²) in [5.41, 5.74) is 0. The molecule has 1 aliphatic carbocycles. The molecule has 3 rings (SSSR count). The molecule has 38 heavy (non-hydrogen) atoms. The van der Waals surface area contributed by atoms with E-state index >= 15 is 0 Å². The van der Waals surface area contributed by atoms with Gasteiger partial charge in [0.2, 0.25) is 23.6 Å². The normalized spacial score (nSPS) is 25.3. The van der Waals surface area contributed by atoms with Crippen LogP contribution in [0.25, 0.3) is 0 Å². The molecule has 4 atom stereocenters. The van der Waals surface area contributed by atoms with Crippen molar-refractivity contribution in [2.75, 3.05) is 26.3 Å². The first kappa shape index (κ1) is 30.0. The summed E-state index contributed by atoms with van der Waals surface area (Å²) in [6, 6.07) is -1.86. The first-order chi connectivity index (χ1) is 18.0. The Morgan fingerprint density at radius 2 is 1.87 bits per heavy atom. The number of alkyl halides is 2. The maximum absolute atomic E-state index is 13.5. The number of ether oxygens (including phenoxy) is 1. The summed E-state index contributed by atoms with van der Waals surface area (Å²) in [7, 11) is 0. The fraction of sp³-hybridized carbons (Fsp3) is 0.846. The van der Waals surface area contributed by atoms with Crippen LogP contribution in [0.15, 0.2) is 0 Å². The lowest BCUT2D eigenvalue weighted by atomic mass is 9.86. The van der Waals surface area contributed by atoms with Gasteiger partial charge in [-0.15, -0.1) is 0 Å². The van der Waals surface area contributed by atoms with Crippen molar-refractivity contribution in [3.05, 3.63) is 0 Å². The lowest BCUT2D eigenvalue weighted by Crippen LogP contribution is -2.52. The summed E-state index contributed by atoms with van der Waals surface area (Å²) in [4.78, 5) is 51.5. The number of nitrogens with one attached hydrogen (secondary N) is 3. The van der Waals surface area contributed by atoms with Crippen molar-refractivity contribution < 1.29 is 37.8 Å². The monoisotopic (exact) mass is 544 g/mol. The van der Waals surface area contributed by atoms with Gasteiger partial charge in [-0.1, -0.05) is 13.8 Å². The maximum Gasteiger partial charge on any atom is 0.407 e. The Morgan fingerprint density at radius 1 is 1.16 bits per heavy atom. The molecular formula is C26H42F2N4O6. The Hall–Kier alpha value is -2.50. The first-order valence-corrected chi connectivity index (χ1v) is 13.8. The van der Waals surface area contributed by atoms with Gasteiger partial charge < -0.3 is 30.7 Å². The lowest BCUT2D eigenvalue weighted by molar-refractivity contribution is -0.130. The van der Waals surface area contributed by atoms with Gasteiger partial charge in [0.1, 0.15) is 12.6 Å². The third-order valence-corrected chi connectivity index (χ3v) is 7.77. The number of hydrogen-bond acceptors (Lipinski definition) is 6. The van der Waals surface area contributed by atoms with E-state index < -0.39 is 30.0 Å². The highest BCUT2D eigenvalue weighted by Crippen LogP contribution is 2.37. The molecule has 0 bridgehead atoms. The van der Waals surface area contributed by atoms with Gasteiger partial charge in [-0.2, -0.15) is 0 Å². The zero-order valence-corrected chi connectivity index (χ0v) is 22.3. The number of amides is 4. The molecule has 0 aromatic rings. The summed E-state index contributed by atoms with van der Waals surface area (Å²) in [6.45, 7) is 4.38. The molecule has 3 aliphatic rings. The van der Waals surface area contributed by atoms with Gasteiger partial charge in [-0.05, 0) is 50.4 Å². The van der Waals surface area contributed by atoms with Crippen molar-refractivity contribution in [1.82, 2.24) is 20.9 Å². The van der Waals surface area contributed by atoms with Crippen LogP contribution in [-0.2, 0) is 19.1 Å². The summed E-state index contributed by atoms with van der Waals surface area (Å²) < 4.78 is 32.4. The van der Waals surface area contributed by atoms with E-state index in [1.807, 2.05) is 13.8 Å².